The van der Waals surface area contributed by atoms with Gasteiger partial charge in [-0.3, -0.25) is 9.21 Å². The Kier molecular flexibility index (Phi) is 8.45. The van der Waals surface area contributed by atoms with Crippen LogP contribution in [0.25, 0.3) is 0 Å². The molecule has 0 spiro atoms. The maximum absolute atomic E-state index is 13.5. The van der Waals surface area contributed by atoms with Crippen LogP contribution in [0.4, 0.5) is 18.9 Å². The molecule has 4 aliphatic rings. The third-order valence-electron chi connectivity index (χ3n) is 10.3. The molecule has 3 aromatic carbocycles. The number of hydrogen-bond donors (Lipinski definition) is 1. The summed E-state index contributed by atoms with van der Waals surface area (Å²) in [6.07, 6.45) is 4.60. The topological polar surface area (TPSA) is 75.9 Å². The van der Waals surface area contributed by atoms with Crippen LogP contribution in [0.1, 0.15) is 54.3 Å². The third kappa shape index (κ3) is 5.39. The van der Waals surface area contributed by atoms with E-state index in [1.54, 1.807) is 0 Å². The van der Waals surface area contributed by atoms with Crippen molar-refractivity contribution in [2.45, 2.75) is 49.2 Å². The first kappa shape index (κ1) is 30.9. The number of methoxy groups -OCH3 is 1. The van der Waals surface area contributed by atoms with Gasteiger partial charge in [-0.2, -0.15) is 21.6 Å². The van der Waals surface area contributed by atoms with Gasteiger partial charge >= 0.3 is 15.5 Å². The molecular formula is C34H40F3N3O3S. The largest absolute Gasteiger partial charge is 0.516 e. The summed E-state index contributed by atoms with van der Waals surface area (Å²) in [5.41, 5.74) is 4.70. The molecule has 5 atom stereocenters. The molecule has 2 N–H and O–H groups in total. The molecule has 4 bridgehead atoms. The molecule has 6 nitrogen and oxygen atoms in total. The number of piperidine rings is 3. The molecule has 0 radical (unpaired) electrons. The van der Waals surface area contributed by atoms with Gasteiger partial charge in [0.15, 0.2) is 0 Å². The Morgan fingerprint density at radius 1 is 0.909 bits per heavy atom. The fourth-order valence-corrected chi connectivity index (χ4v) is 9.20. The van der Waals surface area contributed by atoms with Crippen LogP contribution in [0.15, 0.2) is 78.9 Å². The second-order valence-electron chi connectivity index (χ2n) is 12.6. The lowest BCUT2D eigenvalue weighted by atomic mass is 9.57. The summed E-state index contributed by atoms with van der Waals surface area (Å²) >= 11 is 0. The van der Waals surface area contributed by atoms with Crippen LogP contribution >= 0.6 is 0 Å². The summed E-state index contributed by atoms with van der Waals surface area (Å²) in [4.78, 5) is 2.63. The van der Waals surface area contributed by atoms with Crippen LogP contribution in [0.3, 0.4) is 0 Å². The number of nitrogens with two attached hydrogens (primary N) is 1. The monoisotopic (exact) mass is 627 g/mol. The van der Waals surface area contributed by atoms with E-state index in [1.807, 2.05) is 12.1 Å². The summed E-state index contributed by atoms with van der Waals surface area (Å²) in [5.74, 6) is 1.66. The second-order valence-corrected chi connectivity index (χ2v) is 14.5. The summed E-state index contributed by atoms with van der Waals surface area (Å²) in [5, 5.41) is 0. The molecule has 0 amide bonds. The van der Waals surface area contributed by atoms with Gasteiger partial charge < -0.3 is 10.5 Å². The molecule has 0 aromatic heterocycles. The van der Waals surface area contributed by atoms with Crippen molar-refractivity contribution >= 4 is 15.7 Å². The molecule has 4 fully saturated rings. The maximum atomic E-state index is 13.5. The molecule has 7 rings (SSSR count). The van der Waals surface area contributed by atoms with Crippen molar-refractivity contribution in [1.29, 1.82) is 0 Å². The quantitative estimate of drug-likeness (QED) is 0.307. The van der Waals surface area contributed by atoms with Gasteiger partial charge in [0.2, 0.25) is 0 Å². The highest BCUT2D eigenvalue weighted by Gasteiger charge is 2.56. The number of hydrogen-bond acceptors (Lipinski definition) is 5. The smallest absolute Gasteiger partial charge is 0.496 e. The molecule has 236 valence electrons. The lowest BCUT2D eigenvalue weighted by Crippen LogP contribution is -2.65. The highest BCUT2D eigenvalue weighted by atomic mass is 32.2. The number of alkyl halides is 3. The first-order valence-corrected chi connectivity index (χ1v) is 16.8. The van der Waals surface area contributed by atoms with Gasteiger partial charge in [0, 0.05) is 43.7 Å². The zero-order chi connectivity index (χ0) is 31.2. The van der Waals surface area contributed by atoms with E-state index >= 15 is 0 Å². The summed E-state index contributed by atoms with van der Waals surface area (Å²) in [7, 11) is -3.17. The molecule has 1 saturated carbocycles. The van der Waals surface area contributed by atoms with Crippen LogP contribution < -0.4 is 14.8 Å². The number of halogens is 3. The molecule has 3 saturated heterocycles. The van der Waals surface area contributed by atoms with E-state index < -0.39 is 21.6 Å². The third-order valence-corrected chi connectivity index (χ3v) is 11.9. The van der Waals surface area contributed by atoms with Crippen molar-refractivity contribution in [3.8, 4) is 5.75 Å². The number of anilines is 1. The Labute approximate surface area is 258 Å². The summed E-state index contributed by atoms with van der Waals surface area (Å²) < 4.78 is 71.3. The summed E-state index contributed by atoms with van der Waals surface area (Å²) in [6, 6.07) is 24.7. The minimum absolute atomic E-state index is 0.0149. The molecule has 3 aliphatic heterocycles. The van der Waals surface area contributed by atoms with Crippen molar-refractivity contribution in [2.24, 2.45) is 29.4 Å². The Balaban J connectivity index is 1.50. The predicted molar refractivity (Wildman–Crippen MR) is 166 cm³/mol. The SMILES string of the molecule is COc1ccc(N(C)S(=O)(=O)C(F)(F)F)cc1C(N)C1C2C3CCCCC2CN(C3)C1C(c1ccccc1)c1ccccc1. The van der Waals surface area contributed by atoms with E-state index in [4.69, 9.17) is 10.5 Å². The molecule has 3 heterocycles. The second kappa shape index (κ2) is 12.0. The number of sulfonamides is 1. The lowest BCUT2D eigenvalue weighted by Gasteiger charge is -2.61. The Bertz CT molecular complexity index is 1500. The van der Waals surface area contributed by atoms with Crippen LogP contribution in [0.2, 0.25) is 0 Å². The Hall–Kier alpha value is -3.08. The highest BCUT2D eigenvalue weighted by molar-refractivity contribution is 7.93. The van der Waals surface area contributed by atoms with E-state index in [2.05, 4.69) is 53.4 Å². The molecule has 3 aromatic rings. The first-order valence-electron chi connectivity index (χ1n) is 15.4. The molecule has 10 heteroatoms. The standard InChI is InChI=1S/C34H40F3N3O3S/c1-39(44(41,42)34(35,36)37)26-17-18-28(43-2)27(19-26)32(38)31-29-24-15-9-10-16-25(29)21-40(20-24)33(31)30(22-11-5-3-6-12-22)23-13-7-4-8-14-23/h3-8,11-14,17-19,24-25,29-33H,9-10,15-16,20-21,38H2,1-2H3. The fourth-order valence-electron chi connectivity index (χ4n) is 8.50. The zero-order valence-electron chi connectivity index (χ0n) is 25.0. The number of fused-ring (bicyclic) bond motifs is 1. The highest BCUT2D eigenvalue weighted by Crippen LogP contribution is 2.56. The van der Waals surface area contributed by atoms with Gasteiger partial charge in [0.1, 0.15) is 5.75 Å². The van der Waals surface area contributed by atoms with Crippen molar-refractivity contribution in [3.63, 3.8) is 0 Å². The zero-order valence-corrected chi connectivity index (χ0v) is 25.8. The average molecular weight is 628 g/mol. The number of ether oxygens (including phenoxy) is 1. The van der Waals surface area contributed by atoms with Crippen LogP contribution in [-0.2, 0) is 10.0 Å². The van der Waals surface area contributed by atoms with E-state index in [-0.39, 0.29) is 27.9 Å². The Morgan fingerprint density at radius 2 is 1.45 bits per heavy atom. The van der Waals surface area contributed by atoms with Gasteiger partial charge in [-0.15, -0.1) is 0 Å². The van der Waals surface area contributed by atoms with Crippen LogP contribution in [-0.4, -0.2) is 52.1 Å². The molecule has 1 aliphatic carbocycles. The number of nitrogens with zero attached hydrogens (tertiary/aromatic N) is 2. The van der Waals surface area contributed by atoms with Gasteiger partial charge in [-0.05, 0) is 65.8 Å². The van der Waals surface area contributed by atoms with Crippen molar-refractivity contribution in [2.75, 3.05) is 31.6 Å². The normalized spacial score (nSPS) is 27.5. The van der Waals surface area contributed by atoms with Crippen molar-refractivity contribution < 1.29 is 26.3 Å². The lowest BCUT2D eigenvalue weighted by molar-refractivity contribution is -0.104. The minimum atomic E-state index is -5.59. The predicted octanol–water partition coefficient (Wildman–Crippen LogP) is 6.55. The van der Waals surface area contributed by atoms with Crippen molar-refractivity contribution in [3.05, 3.63) is 95.6 Å². The first-order chi connectivity index (χ1) is 21.0. The fraction of sp³-hybridized carbons (Fsp3) is 0.471. The van der Waals surface area contributed by atoms with E-state index in [9.17, 15) is 21.6 Å². The Morgan fingerprint density at radius 3 is 1.95 bits per heavy atom. The van der Waals surface area contributed by atoms with Gasteiger partial charge in [0.25, 0.3) is 0 Å². The van der Waals surface area contributed by atoms with Gasteiger partial charge in [-0.1, -0.05) is 73.5 Å². The summed E-state index contributed by atoms with van der Waals surface area (Å²) in [6.45, 7) is 1.99. The van der Waals surface area contributed by atoms with Gasteiger partial charge in [0.05, 0.1) is 12.8 Å². The average Bonchev–Trinajstić information content (AvgIpc) is 3.16. The molecule has 44 heavy (non-hydrogen) atoms. The van der Waals surface area contributed by atoms with Crippen molar-refractivity contribution in [1.82, 2.24) is 4.90 Å². The maximum Gasteiger partial charge on any atom is 0.516 e. The van der Waals surface area contributed by atoms with Crippen LogP contribution in [0.5, 0.6) is 5.75 Å². The van der Waals surface area contributed by atoms with E-state index in [0.717, 1.165) is 33.0 Å². The van der Waals surface area contributed by atoms with Gasteiger partial charge in [-0.25, -0.2) is 0 Å². The van der Waals surface area contributed by atoms with E-state index in [0.29, 0.717) is 29.1 Å². The molecular weight excluding hydrogens is 587 g/mol. The number of benzene rings is 3. The van der Waals surface area contributed by atoms with E-state index in [1.165, 1.54) is 49.3 Å². The molecule has 5 unspecified atom stereocenters. The minimum Gasteiger partial charge on any atom is -0.496 e. The number of rotatable bonds is 8. The van der Waals surface area contributed by atoms with Crippen LogP contribution in [0, 0.1) is 23.7 Å².